The molecule has 0 aromatic carbocycles. The fourth-order valence-electron chi connectivity index (χ4n) is 1.62. The Kier molecular flexibility index (Phi) is 3.63. The molecule has 1 aliphatic rings. The van der Waals surface area contributed by atoms with E-state index in [-0.39, 0.29) is 18.2 Å². The van der Waals surface area contributed by atoms with Gasteiger partial charge in [-0.15, -0.1) is 0 Å². The number of nitrogens with zero attached hydrogens (tertiary/aromatic N) is 1. The summed E-state index contributed by atoms with van der Waals surface area (Å²) in [5, 5.41) is 2.96. The molecule has 0 aromatic rings. The summed E-state index contributed by atoms with van der Waals surface area (Å²) in [5.74, 6) is -0.875. The highest BCUT2D eigenvalue weighted by atomic mass is 16.7. The van der Waals surface area contributed by atoms with Gasteiger partial charge in [0, 0.05) is 12.5 Å². The lowest BCUT2D eigenvalue weighted by molar-refractivity contribution is -0.187. The minimum atomic E-state index is -0.875. The number of hydrogen-bond donors (Lipinski definition) is 1. The summed E-state index contributed by atoms with van der Waals surface area (Å²) in [7, 11) is 5.05. The van der Waals surface area contributed by atoms with Gasteiger partial charge in [0.2, 0.25) is 0 Å². The van der Waals surface area contributed by atoms with Gasteiger partial charge in [-0.05, 0) is 20.3 Å². The van der Waals surface area contributed by atoms with Crippen LogP contribution < -0.4 is 5.73 Å². The molecule has 0 saturated heterocycles. The molecule has 0 unspecified atom stereocenters. The number of nitrogens with two attached hydrogens (primary N) is 1. The highest BCUT2D eigenvalue weighted by Crippen LogP contribution is 2.27. The third kappa shape index (κ3) is 2.77. The number of ether oxygens (including phenoxy) is 1. The Morgan fingerprint density at radius 1 is 1.50 bits per heavy atom. The zero-order valence-corrected chi connectivity index (χ0v) is 8.47. The van der Waals surface area contributed by atoms with Crippen molar-refractivity contribution in [1.29, 1.82) is 0 Å². The molecule has 2 radical (unpaired) electrons. The van der Waals surface area contributed by atoms with Crippen molar-refractivity contribution < 1.29 is 9.39 Å². The molecule has 1 aliphatic carbocycles. The predicted octanol–water partition coefficient (Wildman–Crippen LogP) is 0.464. The Hall–Kier alpha value is -0.455. The summed E-state index contributed by atoms with van der Waals surface area (Å²) in [6, 6.07) is -0.421. The summed E-state index contributed by atoms with van der Waals surface area (Å²) >= 11 is 0. The average Bonchev–Trinajstić information content (AvgIpc) is 2.47. The second-order valence-electron chi connectivity index (χ2n) is 4.07. The smallest absolute Gasteiger partial charge is 0.286 e. The van der Waals surface area contributed by atoms with E-state index < -0.39 is 5.79 Å². The van der Waals surface area contributed by atoms with Crippen LogP contribution in [0.3, 0.4) is 0 Å². The molecule has 0 aliphatic heterocycles. The van der Waals surface area contributed by atoms with Crippen LogP contribution in [0.5, 0.6) is 0 Å². The molecule has 3 atom stereocenters. The van der Waals surface area contributed by atoms with E-state index in [0.717, 1.165) is 0 Å². The Morgan fingerprint density at radius 3 is 2.57 bits per heavy atom. The molecule has 0 heterocycles. The van der Waals surface area contributed by atoms with Crippen molar-refractivity contribution >= 4 is 8.05 Å². The van der Waals surface area contributed by atoms with Gasteiger partial charge in [-0.1, -0.05) is 5.18 Å². The van der Waals surface area contributed by atoms with Crippen LogP contribution in [0.25, 0.3) is 0 Å². The fourth-order valence-corrected chi connectivity index (χ4v) is 1.62. The van der Waals surface area contributed by atoms with E-state index >= 15 is 0 Å². The molecular weight excluding hydrogens is 183 g/mol. The third-order valence-corrected chi connectivity index (χ3v) is 2.39. The summed E-state index contributed by atoms with van der Waals surface area (Å²) in [6.45, 7) is 3.39. The Bertz CT molecular complexity index is 213. The highest BCUT2D eigenvalue weighted by Gasteiger charge is 2.36. The van der Waals surface area contributed by atoms with Gasteiger partial charge < -0.3 is 15.1 Å². The molecule has 0 amide bonds. The largest absolute Gasteiger partial charge is 0.423 e. The van der Waals surface area contributed by atoms with Crippen molar-refractivity contribution in [1.82, 2.24) is 0 Å². The Balaban J connectivity index is 2.50. The maximum atomic E-state index is 10.3. The van der Waals surface area contributed by atoms with Crippen LogP contribution in [0.4, 0.5) is 0 Å². The van der Waals surface area contributed by atoms with Crippen LogP contribution in [0, 0.1) is 4.91 Å². The van der Waals surface area contributed by atoms with Crippen molar-refractivity contribution in [3.63, 3.8) is 0 Å². The van der Waals surface area contributed by atoms with Gasteiger partial charge >= 0.3 is 0 Å². The molecular formula is C8H15BN2O3. The second-order valence-corrected chi connectivity index (χ2v) is 4.07. The lowest BCUT2D eigenvalue weighted by atomic mass is 10.2. The van der Waals surface area contributed by atoms with Gasteiger partial charge in [0.15, 0.2) is 0 Å². The van der Waals surface area contributed by atoms with Gasteiger partial charge in [-0.25, -0.2) is 0 Å². The van der Waals surface area contributed by atoms with Crippen LogP contribution in [0.1, 0.15) is 26.7 Å². The van der Waals surface area contributed by atoms with E-state index in [1.807, 2.05) is 0 Å². The van der Waals surface area contributed by atoms with E-state index in [4.69, 9.17) is 18.5 Å². The number of rotatable bonds is 4. The zero-order chi connectivity index (χ0) is 10.8. The van der Waals surface area contributed by atoms with Crippen molar-refractivity contribution in [2.45, 2.75) is 50.7 Å². The summed E-state index contributed by atoms with van der Waals surface area (Å²) in [4.78, 5) is 10.3. The van der Waals surface area contributed by atoms with E-state index in [9.17, 15) is 4.91 Å². The number of hydrogen-bond acceptors (Lipinski definition) is 5. The molecule has 1 fully saturated rings. The molecule has 5 nitrogen and oxygen atoms in total. The molecule has 1 rings (SSSR count). The monoisotopic (exact) mass is 198 g/mol. The lowest BCUT2D eigenvalue weighted by Gasteiger charge is -2.29. The van der Waals surface area contributed by atoms with Crippen LogP contribution in [-0.2, 0) is 9.39 Å². The maximum absolute atomic E-state index is 10.3. The molecule has 2 N–H and O–H groups in total. The first-order valence-corrected chi connectivity index (χ1v) is 4.62. The van der Waals surface area contributed by atoms with Gasteiger partial charge in [0.1, 0.15) is 5.79 Å². The first kappa shape index (κ1) is 11.6. The van der Waals surface area contributed by atoms with E-state index in [1.165, 1.54) is 0 Å². The summed E-state index contributed by atoms with van der Waals surface area (Å²) < 4.78 is 10.2. The zero-order valence-electron chi connectivity index (χ0n) is 8.47. The lowest BCUT2D eigenvalue weighted by Crippen LogP contribution is -2.39. The average molecular weight is 198 g/mol. The standard InChI is InChI=1S/C8H15BN2O3/c1-8(2,14-9)13-7-4-5(11-12)3-6(7)10/h5-7H,3-4,10H2,1-2H3/t5-,6+,7+/m0/s1. The normalized spacial score (nSPS) is 33.2. The molecule has 14 heavy (non-hydrogen) atoms. The van der Waals surface area contributed by atoms with Crippen molar-refractivity contribution in [3.05, 3.63) is 4.91 Å². The van der Waals surface area contributed by atoms with E-state index in [1.54, 1.807) is 13.8 Å². The molecule has 0 bridgehead atoms. The van der Waals surface area contributed by atoms with E-state index in [2.05, 4.69) is 9.83 Å². The first-order chi connectivity index (χ1) is 6.48. The second kappa shape index (κ2) is 4.38. The van der Waals surface area contributed by atoms with Crippen LogP contribution >= 0.6 is 0 Å². The minimum absolute atomic E-state index is 0.174. The highest BCUT2D eigenvalue weighted by molar-refractivity contribution is 5.98. The first-order valence-electron chi connectivity index (χ1n) is 4.62. The van der Waals surface area contributed by atoms with Gasteiger partial charge in [0.25, 0.3) is 8.05 Å². The van der Waals surface area contributed by atoms with Crippen LogP contribution in [0.15, 0.2) is 5.18 Å². The molecule has 0 aromatic heterocycles. The summed E-state index contributed by atoms with van der Waals surface area (Å²) in [5.41, 5.74) is 5.79. The van der Waals surface area contributed by atoms with Gasteiger partial charge in [0.05, 0.1) is 12.1 Å². The molecule has 1 saturated carbocycles. The van der Waals surface area contributed by atoms with Crippen molar-refractivity contribution in [2.75, 3.05) is 0 Å². The molecule has 6 heteroatoms. The maximum Gasteiger partial charge on any atom is 0.286 e. The molecule has 78 valence electrons. The van der Waals surface area contributed by atoms with Crippen molar-refractivity contribution in [3.8, 4) is 0 Å². The quantitative estimate of drug-likeness (QED) is 0.404. The minimum Gasteiger partial charge on any atom is -0.423 e. The van der Waals surface area contributed by atoms with Gasteiger partial charge in [-0.3, -0.25) is 0 Å². The van der Waals surface area contributed by atoms with Gasteiger partial charge in [-0.2, -0.15) is 4.91 Å². The van der Waals surface area contributed by atoms with E-state index in [0.29, 0.717) is 12.8 Å². The van der Waals surface area contributed by atoms with Crippen molar-refractivity contribution in [2.24, 2.45) is 10.9 Å². The van der Waals surface area contributed by atoms with Crippen LogP contribution in [0.2, 0.25) is 0 Å². The third-order valence-electron chi connectivity index (χ3n) is 2.39. The Morgan fingerprint density at radius 2 is 2.14 bits per heavy atom. The molecule has 0 spiro atoms. The summed E-state index contributed by atoms with van der Waals surface area (Å²) in [6.07, 6.45) is 0.892. The topological polar surface area (TPSA) is 73.9 Å². The fraction of sp³-hybridized carbons (Fsp3) is 1.00. The number of nitroso groups, excluding NO2 is 1. The SMILES string of the molecule is [B]OC(C)(C)O[C@@H]1C[C@@H](N=O)C[C@H]1N. The Labute approximate surface area is 84.7 Å². The predicted molar refractivity (Wildman–Crippen MR) is 52.6 cm³/mol. The van der Waals surface area contributed by atoms with Crippen LogP contribution in [-0.4, -0.2) is 32.0 Å².